The Kier molecular flexibility index (Phi) is 8.95. The second-order valence-corrected chi connectivity index (χ2v) is 15.0. The third kappa shape index (κ3) is 5.41. The Hall–Kier alpha value is -0.500. The van der Waals surface area contributed by atoms with Crippen molar-refractivity contribution in [3.8, 4) is 0 Å². The maximum absolute atomic E-state index is 10.5. The van der Waals surface area contributed by atoms with E-state index in [9.17, 15) is 20.4 Å². The van der Waals surface area contributed by atoms with Gasteiger partial charge in [-0.2, -0.15) is 0 Å². The molecule has 0 spiro atoms. The molecule has 6 nitrogen and oxygen atoms in total. The Morgan fingerprint density at radius 3 is 2.44 bits per heavy atom. The van der Waals surface area contributed by atoms with Gasteiger partial charge in [0.2, 0.25) is 0 Å². The zero-order chi connectivity index (χ0) is 28.1. The van der Waals surface area contributed by atoms with Gasteiger partial charge in [0.15, 0.2) is 6.29 Å². The van der Waals surface area contributed by atoms with Crippen molar-refractivity contribution in [1.29, 1.82) is 0 Å². The molecule has 0 aromatic rings. The summed E-state index contributed by atoms with van der Waals surface area (Å²) in [5.41, 5.74) is 2.20. The first-order valence-electron chi connectivity index (χ1n) is 16.1. The van der Waals surface area contributed by atoms with Crippen LogP contribution in [0.4, 0.5) is 0 Å². The summed E-state index contributed by atoms with van der Waals surface area (Å²) >= 11 is 0. The fraction of sp³-hybridized carbons (Fsp3) is 0.939. The van der Waals surface area contributed by atoms with Gasteiger partial charge in [0.05, 0.1) is 12.7 Å². The second-order valence-electron chi connectivity index (χ2n) is 15.0. The van der Waals surface area contributed by atoms with E-state index in [1.54, 1.807) is 0 Å². The predicted molar refractivity (Wildman–Crippen MR) is 152 cm³/mol. The average Bonchev–Trinajstić information content (AvgIpc) is 3.26. The first-order valence-corrected chi connectivity index (χ1v) is 16.1. The summed E-state index contributed by atoms with van der Waals surface area (Å²) in [6.07, 6.45) is 9.98. The van der Waals surface area contributed by atoms with E-state index in [4.69, 9.17) is 9.47 Å². The van der Waals surface area contributed by atoms with Crippen LogP contribution in [0.3, 0.4) is 0 Å². The topological polar surface area (TPSA) is 99.4 Å². The van der Waals surface area contributed by atoms with Gasteiger partial charge in [0.25, 0.3) is 0 Å². The van der Waals surface area contributed by atoms with Crippen LogP contribution >= 0.6 is 0 Å². The van der Waals surface area contributed by atoms with E-state index in [0.717, 1.165) is 54.8 Å². The lowest BCUT2D eigenvalue weighted by atomic mass is 9.47. The molecule has 4 N–H and O–H groups in total. The van der Waals surface area contributed by atoms with Crippen molar-refractivity contribution in [2.75, 3.05) is 6.61 Å². The van der Waals surface area contributed by atoms with E-state index in [1.165, 1.54) is 56.9 Å². The molecule has 6 heteroatoms. The molecule has 5 rings (SSSR count). The largest absolute Gasteiger partial charge is 0.394 e. The minimum absolute atomic E-state index is 0.0984. The smallest absolute Gasteiger partial charge is 0.186 e. The molecule has 0 aromatic carbocycles. The first-order chi connectivity index (χ1) is 18.5. The zero-order valence-electron chi connectivity index (χ0n) is 25.1. The van der Waals surface area contributed by atoms with Crippen molar-refractivity contribution in [2.45, 2.75) is 142 Å². The first kappa shape index (κ1) is 30.0. The fourth-order valence-electron chi connectivity index (χ4n) is 10.1. The summed E-state index contributed by atoms with van der Waals surface area (Å²) in [4.78, 5) is 0. The highest BCUT2D eigenvalue weighted by atomic mass is 16.7. The number of hydrogen-bond acceptors (Lipinski definition) is 6. The van der Waals surface area contributed by atoms with Crippen molar-refractivity contribution in [2.24, 2.45) is 46.3 Å². The Morgan fingerprint density at radius 1 is 0.949 bits per heavy atom. The van der Waals surface area contributed by atoms with E-state index < -0.39 is 37.3 Å². The van der Waals surface area contributed by atoms with Gasteiger partial charge < -0.3 is 29.9 Å². The number of aliphatic hydroxyl groups excluding tert-OH is 4. The summed E-state index contributed by atoms with van der Waals surface area (Å²) in [6.45, 7) is 12.0. The van der Waals surface area contributed by atoms with Crippen molar-refractivity contribution in [3.63, 3.8) is 0 Å². The van der Waals surface area contributed by atoms with Crippen molar-refractivity contribution >= 4 is 0 Å². The van der Waals surface area contributed by atoms with E-state index in [2.05, 4.69) is 40.7 Å². The Morgan fingerprint density at radius 2 is 1.72 bits per heavy atom. The Labute approximate surface area is 236 Å². The van der Waals surface area contributed by atoms with Crippen LogP contribution in [0.15, 0.2) is 11.6 Å². The highest BCUT2D eigenvalue weighted by Gasteiger charge is 2.59. The van der Waals surface area contributed by atoms with Crippen LogP contribution in [-0.2, 0) is 9.47 Å². The molecule has 224 valence electrons. The number of aliphatic hydroxyl groups is 4. The molecule has 0 amide bonds. The maximum atomic E-state index is 10.5. The third-order valence-corrected chi connectivity index (χ3v) is 12.4. The highest BCUT2D eigenvalue weighted by Crippen LogP contribution is 2.67. The van der Waals surface area contributed by atoms with Gasteiger partial charge in [-0.3, -0.25) is 0 Å². The van der Waals surface area contributed by atoms with Crippen LogP contribution in [0.2, 0.25) is 0 Å². The molecular formula is C33H56O6. The molecule has 0 bridgehead atoms. The lowest BCUT2D eigenvalue weighted by Gasteiger charge is -2.58. The van der Waals surface area contributed by atoms with E-state index in [-0.39, 0.29) is 11.5 Å². The SMILES string of the molecule is CC(C)CCC[C@@H](C)[C@H]1CC[C@H]2[C@@H]3CC=C4C[C@@H](O[C@@H]5OC(CO)[C@@H](O)C(O)C5O)CC[C@]4(C)[C@H]3CC[C@]12C. The zero-order valence-corrected chi connectivity index (χ0v) is 25.1. The highest BCUT2D eigenvalue weighted by molar-refractivity contribution is 5.25. The standard InChI is InChI=1S/C33H56O6/c1-19(2)7-6-8-20(3)24-11-12-25-23-10-9-21-17-22(13-15-32(21,4)26(23)14-16-33(24,25)5)38-31-30(37)29(36)28(35)27(18-34)39-31/h9,19-20,22-31,34-37H,6-8,10-18H2,1-5H3/t20-,22+,23+,24-,25+,26+,27?,28-,29?,30?,31-,32+,33-/m1/s1. The van der Waals surface area contributed by atoms with Gasteiger partial charge in [-0.25, -0.2) is 0 Å². The predicted octanol–water partition coefficient (Wildman–Crippen LogP) is 5.21. The van der Waals surface area contributed by atoms with Gasteiger partial charge in [-0.05, 0) is 97.7 Å². The van der Waals surface area contributed by atoms with Gasteiger partial charge in [-0.15, -0.1) is 0 Å². The molecule has 4 aliphatic carbocycles. The van der Waals surface area contributed by atoms with Crippen LogP contribution in [-0.4, -0.2) is 63.8 Å². The van der Waals surface area contributed by atoms with E-state index in [1.807, 2.05) is 0 Å². The van der Waals surface area contributed by atoms with E-state index in [0.29, 0.717) is 5.41 Å². The minimum atomic E-state index is -1.39. The van der Waals surface area contributed by atoms with Crippen LogP contribution in [0.25, 0.3) is 0 Å². The van der Waals surface area contributed by atoms with Crippen molar-refractivity contribution in [1.82, 2.24) is 0 Å². The molecule has 3 unspecified atom stereocenters. The summed E-state index contributed by atoms with van der Waals surface area (Å²) in [7, 11) is 0. The third-order valence-electron chi connectivity index (χ3n) is 12.4. The number of hydrogen-bond donors (Lipinski definition) is 4. The number of ether oxygens (including phenoxy) is 2. The summed E-state index contributed by atoms with van der Waals surface area (Å²) in [5, 5.41) is 40.3. The van der Waals surface area contributed by atoms with Crippen molar-refractivity contribution in [3.05, 3.63) is 11.6 Å². The summed E-state index contributed by atoms with van der Waals surface area (Å²) < 4.78 is 11.9. The van der Waals surface area contributed by atoms with Crippen LogP contribution in [0.1, 0.15) is 105 Å². The molecule has 0 radical (unpaired) electrons. The normalized spacial score (nSPS) is 48.7. The molecule has 0 aromatic heterocycles. The van der Waals surface area contributed by atoms with Gasteiger partial charge >= 0.3 is 0 Å². The van der Waals surface area contributed by atoms with Crippen LogP contribution < -0.4 is 0 Å². The molecule has 1 heterocycles. The molecule has 5 aliphatic rings. The second kappa shape index (κ2) is 11.6. The lowest BCUT2D eigenvalue weighted by molar-refractivity contribution is -0.313. The molecule has 39 heavy (non-hydrogen) atoms. The average molecular weight is 549 g/mol. The number of rotatable bonds is 8. The van der Waals surface area contributed by atoms with Crippen molar-refractivity contribution < 1.29 is 29.9 Å². The van der Waals surface area contributed by atoms with Crippen LogP contribution in [0.5, 0.6) is 0 Å². The van der Waals surface area contributed by atoms with Gasteiger partial charge in [-0.1, -0.05) is 65.5 Å². The molecular weight excluding hydrogens is 492 g/mol. The minimum Gasteiger partial charge on any atom is -0.394 e. The fourth-order valence-corrected chi connectivity index (χ4v) is 10.1. The number of fused-ring (bicyclic) bond motifs is 5. The molecule has 1 saturated heterocycles. The molecule has 3 saturated carbocycles. The molecule has 4 fully saturated rings. The lowest BCUT2D eigenvalue weighted by Crippen LogP contribution is -2.60. The monoisotopic (exact) mass is 548 g/mol. The van der Waals surface area contributed by atoms with Gasteiger partial charge in [0, 0.05) is 0 Å². The Bertz CT molecular complexity index is 872. The quantitative estimate of drug-likeness (QED) is 0.311. The summed E-state index contributed by atoms with van der Waals surface area (Å²) in [5.74, 6) is 4.87. The molecule has 1 aliphatic heterocycles. The van der Waals surface area contributed by atoms with Gasteiger partial charge in [0.1, 0.15) is 24.4 Å². The van der Waals surface area contributed by atoms with Crippen LogP contribution in [0, 0.1) is 46.3 Å². The summed E-state index contributed by atoms with van der Waals surface area (Å²) in [6, 6.07) is 0. The van der Waals surface area contributed by atoms with E-state index >= 15 is 0 Å². The number of allylic oxidation sites excluding steroid dienone is 1. The Balaban J connectivity index is 1.24. The maximum Gasteiger partial charge on any atom is 0.186 e. The molecule has 13 atom stereocenters.